The smallest absolute Gasteiger partial charge is 0.235 e. The number of nitrogens with one attached hydrogen (secondary N) is 1. The van der Waals surface area contributed by atoms with Gasteiger partial charge in [0.15, 0.2) is 0 Å². The molecule has 0 radical (unpaired) electrons. The Bertz CT molecular complexity index is 570. The van der Waals surface area contributed by atoms with Gasteiger partial charge in [-0.1, -0.05) is 12.1 Å². The van der Waals surface area contributed by atoms with Gasteiger partial charge in [0.25, 0.3) is 0 Å². The molecule has 7 heteroatoms. The fourth-order valence-corrected chi connectivity index (χ4v) is 2.57. The molecule has 0 bridgehead atoms. The molecule has 0 aliphatic carbocycles. The first-order valence-electron chi connectivity index (χ1n) is 6.67. The Morgan fingerprint density at radius 3 is 2.33 bits per heavy atom. The minimum absolute atomic E-state index is 0.0454. The van der Waals surface area contributed by atoms with Crippen molar-refractivity contribution in [2.75, 3.05) is 19.3 Å². The summed E-state index contributed by atoms with van der Waals surface area (Å²) in [6.07, 6.45) is 1.49. The van der Waals surface area contributed by atoms with E-state index in [1.165, 1.54) is 12.1 Å². The molecule has 0 aliphatic heterocycles. The molecule has 1 aromatic carbocycles. The van der Waals surface area contributed by atoms with Crippen molar-refractivity contribution in [1.82, 2.24) is 9.62 Å². The average Bonchev–Trinajstić information content (AvgIpc) is 2.34. The van der Waals surface area contributed by atoms with Crippen molar-refractivity contribution in [1.29, 1.82) is 0 Å². The molecule has 1 rings (SSSR count). The minimum atomic E-state index is -3.48. The Labute approximate surface area is 125 Å². The first-order valence-corrected chi connectivity index (χ1v) is 8.52. The lowest BCUT2D eigenvalue weighted by atomic mass is 10.1. The highest BCUT2D eigenvalue weighted by molar-refractivity contribution is 7.88. The van der Waals surface area contributed by atoms with Crippen molar-refractivity contribution in [2.45, 2.75) is 26.3 Å². The van der Waals surface area contributed by atoms with Crippen LogP contribution in [0.2, 0.25) is 0 Å². The average molecular weight is 316 g/mol. The molecule has 5 nitrogen and oxygen atoms in total. The van der Waals surface area contributed by atoms with Crippen molar-refractivity contribution < 1.29 is 17.6 Å². The van der Waals surface area contributed by atoms with Crippen molar-refractivity contribution in [3.8, 4) is 0 Å². The van der Waals surface area contributed by atoms with E-state index in [0.717, 1.165) is 16.1 Å². The Kier molecular flexibility index (Phi) is 6.29. The zero-order chi connectivity index (χ0) is 16.0. The van der Waals surface area contributed by atoms with Gasteiger partial charge in [0.1, 0.15) is 5.82 Å². The lowest BCUT2D eigenvalue weighted by Gasteiger charge is -2.20. The minimum Gasteiger partial charge on any atom is -0.353 e. The van der Waals surface area contributed by atoms with Gasteiger partial charge in [0.05, 0.1) is 12.8 Å². The van der Waals surface area contributed by atoms with Crippen LogP contribution in [-0.2, 0) is 21.2 Å². The molecule has 0 atom stereocenters. The van der Waals surface area contributed by atoms with E-state index in [-0.39, 0.29) is 30.9 Å². The zero-order valence-electron chi connectivity index (χ0n) is 12.5. The highest BCUT2D eigenvalue weighted by Crippen LogP contribution is 2.06. The molecule has 0 heterocycles. The van der Waals surface area contributed by atoms with Crippen molar-refractivity contribution in [2.24, 2.45) is 0 Å². The van der Waals surface area contributed by atoms with Crippen LogP contribution in [0.3, 0.4) is 0 Å². The summed E-state index contributed by atoms with van der Waals surface area (Å²) < 4.78 is 37.4. The molecular weight excluding hydrogens is 295 g/mol. The normalized spacial score (nSPS) is 11.9. The monoisotopic (exact) mass is 316 g/mol. The lowest BCUT2D eigenvalue weighted by molar-refractivity contribution is -0.121. The molecule has 1 amide bonds. The Morgan fingerprint density at radius 1 is 1.29 bits per heavy atom. The van der Waals surface area contributed by atoms with Crippen molar-refractivity contribution in [3.05, 3.63) is 35.6 Å². The quantitative estimate of drug-likeness (QED) is 0.821. The number of nitrogens with zero attached hydrogens (tertiary/aromatic N) is 1. The van der Waals surface area contributed by atoms with E-state index in [4.69, 9.17) is 0 Å². The van der Waals surface area contributed by atoms with E-state index in [1.54, 1.807) is 26.0 Å². The fourth-order valence-electron chi connectivity index (χ4n) is 1.79. The highest BCUT2D eigenvalue weighted by Gasteiger charge is 2.20. The number of carbonyl (C=O) groups excluding carboxylic acids is 1. The molecule has 0 aliphatic rings. The number of rotatable bonds is 7. The van der Waals surface area contributed by atoms with Gasteiger partial charge in [-0.2, -0.15) is 4.31 Å². The zero-order valence-corrected chi connectivity index (χ0v) is 13.3. The summed E-state index contributed by atoms with van der Waals surface area (Å²) in [6.45, 7) is 3.58. The Hall–Kier alpha value is -1.47. The molecule has 0 unspecified atom stereocenters. The van der Waals surface area contributed by atoms with Gasteiger partial charge in [0.2, 0.25) is 15.9 Å². The molecule has 0 spiro atoms. The van der Waals surface area contributed by atoms with Crippen molar-refractivity contribution >= 4 is 15.9 Å². The van der Waals surface area contributed by atoms with E-state index in [2.05, 4.69) is 5.32 Å². The van der Waals surface area contributed by atoms with Crippen LogP contribution in [0, 0.1) is 5.82 Å². The third-order valence-electron chi connectivity index (χ3n) is 2.80. The maximum Gasteiger partial charge on any atom is 0.235 e. The van der Waals surface area contributed by atoms with E-state index >= 15 is 0 Å². The number of amides is 1. The van der Waals surface area contributed by atoms with E-state index in [0.29, 0.717) is 6.42 Å². The summed E-state index contributed by atoms with van der Waals surface area (Å²) >= 11 is 0. The highest BCUT2D eigenvalue weighted by atomic mass is 32.2. The number of carbonyl (C=O) groups is 1. The predicted molar refractivity (Wildman–Crippen MR) is 79.8 cm³/mol. The summed E-state index contributed by atoms with van der Waals surface area (Å²) in [5.41, 5.74) is 0.814. The van der Waals surface area contributed by atoms with E-state index < -0.39 is 10.0 Å². The topological polar surface area (TPSA) is 66.5 Å². The third kappa shape index (κ3) is 6.68. The summed E-state index contributed by atoms with van der Waals surface area (Å²) in [6, 6.07) is 5.81. The molecule has 1 N–H and O–H groups in total. The first-order chi connectivity index (χ1) is 9.68. The van der Waals surface area contributed by atoms with Crippen LogP contribution in [0.25, 0.3) is 0 Å². The van der Waals surface area contributed by atoms with E-state index in [9.17, 15) is 17.6 Å². The molecule has 118 valence electrons. The summed E-state index contributed by atoms with van der Waals surface area (Å²) in [5, 5.41) is 2.66. The Morgan fingerprint density at radius 2 is 1.86 bits per heavy atom. The second-order valence-corrected chi connectivity index (χ2v) is 7.18. The molecule has 1 aromatic rings. The number of sulfonamides is 1. The van der Waals surface area contributed by atoms with Gasteiger partial charge in [-0.05, 0) is 38.0 Å². The number of benzene rings is 1. The molecule has 0 fully saturated rings. The van der Waals surface area contributed by atoms with Gasteiger partial charge < -0.3 is 5.32 Å². The maximum atomic E-state index is 12.8. The second-order valence-electron chi connectivity index (χ2n) is 5.20. The molecular formula is C14H21FN2O3S. The summed E-state index contributed by atoms with van der Waals surface area (Å²) in [4.78, 5) is 11.7. The maximum absolute atomic E-state index is 12.8. The summed E-state index contributed by atoms with van der Waals surface area (Å²) in [7, 11) is -3.48. The number of halogens is 1. The Balaban J connectivity index is 2.67. The second kappa shape index (κ2) is 7.51. The molecule has 0 saturated carbocycles. The first kappa shape index (κ1) is 17.6. The number of hydrogen-bond acceptors (Lipinski definition) is 3. The van der Waals surface area contributed by atoms with Crippen LogP contribution in [0.5, 0.6) is 0 Å². The van der Waals surface area contributed by atoms with Gasteiger partial charge >= 0.3 is 0 Å². The third-order valence-corrected chi connectivity index (χ3v) is 4.05. The van der Waals surface area contributed by atoms with Crippen LogP contribution < -0.4 is 5.32 Å². The lowest BCUT2D eigenvalue weighted by Crippen LogP contribution is -2.43. The van der Waals surface area contributed by atoms with Crippen LogP contribution in [-0.4, -0.2) is 44.0 Å². The predicted octanol–water partition coefficient (Wildman–Crippen LogP) is 1.15. The summed E-state index contributed by atoms with van der Waals surface area (Å²) in [5.74, 6) is -0.676. The van der Waals surface area contributed by atoms with Crippen LogP contribution in [0.4, 0.5) is 4.39 Å². The standard InChI is InChI=1S/C14H21FN2O3S/c1-11(2)16-14(18)10-17(21(3,19)20)9-8-12-4-6-13(15)7-5-12/h4-7,11H,8-10H2,1-3H3,(H,16,18). The molecule has 0 aromatic heterocycles. The van der Waals surface area contributed by atoms with Crippen LogP contribution in [0.15, 0.2) is 24.3 Å². The molecule has 21 heavy (non-hydrogen) atoms. The fraction of sp³-hybridized carbons (Fsp3) is 0.500. The largest absolute Gasteiger partial charge is 0.353 e. The van der Waals surface area contributed by atoms with Gasteiger partial charge in [-0.25, -0.2) is 12.8 Å². The van der Waals surface area contributed by atoms with Gasteiger partial charge in [-0.3, -0.25) is 4.79 Å². The molecule has 0 saturated heterocycles. The SMILES string of the molecule is CC(C)NC(=O)CN(CCc1ccc(F)cc1)S(C)(=O)=O. The van der Waals surface area contributed by atoms with Crippen LogP contribution >= 0.6 is 0 Å². The van der Waals surface area contributed by atoms with Crippen LogP contribution in [0.1, 0.15) is 19.4 Å². The number of hydrogen-bond donors (Lipinski definition) is 1. The van der Waals surface area contributed by atoms with Gasteiger partial charge in [0, 0.05) is 12.6 Å². The van der Waals surface area contributed by atoms with Gasteiger partial charge in [-0.15, -0.1) is 0 Å². The van der Waals surface area contributed by atoms with E-state index in [1.807, 2.05) is 0 Å². The van der Waals surface area contributed by atoms with Crippen molar-refractivity contribution in [3.63, 3.8) is 0 Å².